The first-order chi connectivity index (χ1) is 6.44. The third-order valence-corrected chi connectivity index (χ3v) is 3.08. The van der Waals surface area contributed by atoms with Crippen LogP contribution in [0.15, 0.2) is 18.2 Å². The van der Waals surface area contributed by atoms with Crippen molar-refractivity contribution in [2.75, 3.05) is 12.8 Å². The van der Waals surface area contributed by atoms with Gasteiger partial charge in [-0.15, -0.1) is 0 Å². The van der Waals surface area contributed by atoms with Gasteiger partial charge in [-0.05, 0) is 37.6 Å². The number of rotatable bonds is 0. The molecule has 1 heterocycles. The van der Waals surface area contributed by atoms with E-state index >= 15 is 0 Å². The fourth-order valence-electron chi connectivity index (χ4n) is 1.87. The van der Waals surface area contributed by atoms with Gasteiger partial charge >= 0.3 is 0 Å². The zero-order valence-corrected chi connectivity index (χ0v) is 8.66. The molecule has 0 saturated carbocycles. The first-order valence-corrected chi connectivity index (χ1v) is 4.63. The molecule has 1 aliphatic rings. The lowest BCUT2D eigenvalue weighted by atomic mass is 9.93. The Hall–Kier alpha value is -1.51. The molecule has 0 unspecified atom stereocenters. The van der Waals surface area contributed by atoms with Crippen LogP contribution >= 0.6 is 0 Å². The van der Waals surface area contributed by atoms with Gasteiger partial charge in [-0.3, -0.25) is 4.79 Å². The summed E-state index contributed by atoms with van der Waals surface area (Å²) in [5.41, 5.74) is 7.96. The third-order valence-electron chi connectivity index (χ3n) is 3.08. The summed E-state index contributed by atoms with van der Waals surface area (Å²) < 4.78 is 0. The van der Waals surface area contributed by atoms with Crippen molar-refractivity contribution in [3.63, 3.8) is 0 Å². The number of nitrogen functional groups attached to an aromatic ring is 1. The van der Waals surface area contributed by atoms with Gasteiger partial charge in [-0.25, -0.2) is 0 Å². The van der Waals surface area contributed by atoms with Crippen LogP contribution in [0.4, 0.5) is 5.69 Å². The van der Waals surface area contributed by atoms with Crippen LogP contribution in [0.5, 0.6) is 0 Å². The molecule has 2 rings (SSSR count). The van der Waals surface area contributed by atoms with Crippen LogP contribution in [0.1, 0.15) is 29.8 Å². The average Bonchev–Trinajstić information content (AvgIpc) is 2.29. The number of nitrogens with two attached hydrogens (primary N) is 1. The predicted octanol–water partition coefficient (Wildman–Crippen LogP) is 1.59. The lowest BCUT2D eigenvalue weighted by Gasteiger charge is -2.28. The van der Waals surface area contributed by atoms with Crippen LogP contribution in [-0.2, 0) is 5.54 Å². The van der Waals surface area contributed by atoms with Crippen LogP contribution in [-0.4, -0.2) is 17.9 Å². The largest absolute Gasteiger partial charge is 0.399 e. The molecular weight excluding hydrogens is 176 g/mol. The molecule has 1 aromatic carbocycles. The number of fused-ring (bicyclic) bond motifs is 1. The lowest BCUT2D eigenvalue weighted by molar-refractivity contribution is 0.0691. The van der Waals surface area contributed by atoms with Crippen LogP contribution in [0.25, 0.3) is 0 Å². The molecule has 0 bridgehead atoms. The van der Waals surface area contributed by atoms with E-state index in [0.717, 1.165) is 11.1 Å². The number of hydrogen-bond acceptors (Lipinski definition) is 2. The van der Waals surface area contributed by atoms with Gasteiger partial charge < -0.3 is 10.6 Å². The topological polar surface area (TPSA) is 46.3 Å². The maximum Gasteiger partial charge on any atom is 0.254 e. The highest BCUT2D eigenvalue weighted by Crippen LogP contribution is 2.38. The molecule has 0 aromatic heterocycles. The van der Waals surface area contributed by atoms with Gasteiger partial charge in [0, 0.05) is 18.3 Å². The summed E-state index contributed by atoms with van der Waals surface area (Å²) in [5, 5.41) is 0. The first kappa shape index (κ1) is 9.06. The highest BCUT2D eigenvalue weighted by Gasteiger charge is 2.40. The third kappa shape index (κ3) is 0.953. The summed E-state index contributed by atoms with van der Waals surface area (Å²) in [6.45, 7) is 4.05. The summed E-state index contributed by atoms with van der Waals surface area (Å²) in [6, 6.07) is 5.46. The van der Waals surface area contributed by atoms with Crippen LogP contribution in [0.3, 0.4) is 0 Å². The standard InChI is InChI=1S/C11H14N2O/c1-11(2)9-6-7(12)4-5-8(9)10(14)13(11)3/h4-6H,12H2,1-3H3. The zero-order chi connectivity index (χ0) is 10.5. The van der Waals surface area contributed by atoms with Crippen molar-refractivity contribution in [2.24, 2.45) is 0 Å². The molecule has 0 fully saturated rings. The zero-order valence-electron chi connectivity index (χ0n) is 8.66. The maximum absolute atomic E-state index is 11.8. The Morgan fingerprint density at radius 1 is 1.36 bits per heavy atom. The first-order valence-electron chi connectivity index (χ1n) is 4.63. The van der Waals surface area contributed by atoms with E-state index in [1.807, 2.05) is 27.0 Å². The van der Waals surface area contributed by atoms with Crippen LogP contribution < -0.4 is 5.73 Å². The number of amides is 1. The second-order valence-corrected chi connectivity index (χ2v) is 4.23. The normalized spacial score (nSPS) is 18.5. The summed E-state index contributed by atoms with van der Waals surface area (Å²) in [5.74, 6) is 0.0741. The predicted molar refractivity (Wildman–Crippen MR) is 56.0 cm³/mol. The van der Waals surface area contributed by atoms with Crippen molar-refractivity contribution in [1.82, 2.24) is 4.90 Å². The number of anilines is 1. The molecule has 0 radical (unpaired) electrons. The van der Waals surface area contributed by atoms with E-state index in [2.05, 4.69) is 0 Å². The molecule has 2 N–H and O–H groups in total. The van der Waals surface area contributed by atoms with Crippen molar-refractivity contribution in [3.8, 4) is 0 Å². The van der Waals surface area contributed by atoms with Crippen LogP contribution in [0.2, 0.25) is 0 Å². The minimum absolute atomic E-state index is 0.0741. The van der Waals surface area contributed by atoms with E-state index in [1.54, 1.807) is 17.0 Å². The number of carbonyl (C=O) groups excluding carboxylic acids is 1. The van der Waals surface area contributed by atoms with Gasteiger partial charge in [-0.2, -0.15) is 0 Å². The van der Waals surface area contributed by atoms with Crippen molar-refractivity contribution in [2.45, 2.75) is 19.4 Å². The Morgan fingerprint density at radius 3 is 2.64 bits per heavy atom. The fourth-order valence-corrected chi connectivity index (χ4v) is 1.87. The van der Waals surface area contributed by atoms with Gasteiger partial charge in [0.2, 0.25) is 0 Å². The molecule has 0 atom stereocenters. The Bertz CT molecular complexity index is 410. The van der Waals surface area contributed by atoms with Crippen molar-refractivity contribution in [1.29, 1.82) is 0 Å². The van der Waals surface area contributed by atoms with Crippen LogP contribution in [0, 0.1) is 0 Å². The lowest BCUT2D eigenvalue weighted by Crippen LogP contribution is -2.35. The van der Waals surface area contributed by atoms with E-state index in [4.69, 9.17) is 5.73 Å². The van der Waals surface area contributed by atoms with Crippen molar-refractivity contribution >= 4 is 11.6 Å². The maximum atomic E-state index is 11.8. The number of benzene rings is 1. The van der Waals surface area contributed by atoms with Gasteiger partial charge in [0.25, 0.3) is 5.91 Å². The van der Waals surface area contributed by atoms with Gasteiger partial charge in [0.15, 0.2) is 0 Å². The number of hydrogen-bond donors (Lipinski definition) is 1. The number of nitrogens with zero attached hydrogens (tertiary/aromatic N) is 1. The van der Waals surface area contributed by atoms with E-state index < -0.39 is 0 Å². The smallest absolute Gasteiger partial charge is 0.254 e. The molecule has 14 heavy (non-hydrogen) atoms. The summed E-state index contributed by atoms with van der Waals surface area (Å²) in [4.78, 5) is 13.6. The average molecular weight is 190 g/mol. The summed E-state index contributed by atoms with van der Waals surface area (Å²) in [7, 11) is 1.82. The van der Waals surface area contributed by atoms with Gasteiger partial charge in [-0.1, -0.05) is 0 Å². The van der Waals surface area contributed by atoms with E-state index in [9.17, 15) is 4.79 Å². The van der Waals surface area contributed by atoms with Crippen molar-refractivity contribution in [3.05, 3.63) is 29.3 Å². The summed E-state index contributed by atoms with van der Waals surface area (Å²) in [6.07, 6.45) is 0. The molecule has 1 amide bonds. The number of carbonyl (C=O) groups is 1. The Morgan fingerprint density at radius 2 is 2.00 bits per heavy atom. The Balaban J connectivity index is 2.69. The molecule has 0 aliphatic carbocycles. The fraction of sp³-hybridized carbons (Fsp3) is 0.364. The molecule has 74 valence electrons. The van der Waals surface area contributed by atoms with E-state index in [0.29, 0.717) is 5.69 Å². The van der Waals surface area contributed by atoms with E-state index in [1.165, 1.54) is 0 Å². The highest BCUT2D eigenvalue weighted by molar-refractivity contribution is 6.00. The molecule has 0 saturated heterocycles. The molecule has 1 aliphatic heterocycles. The van der Waals surface area contributed by atoms with Gasteiger partial charge in [0.1, 0.15) is 0 Å². The minimum Gasteiger partial charge on any atom is -0.399 e. The monoisotopic (exact) mass is 190 g/mol. The molecule has 3 heteroatoms. The van der Waals surface area contributed by atoms with Gasteiger partial charge in [0.05, 0.1) is 5.54 Å². The minimum atomic E-state index is -0.248. The van der Waals surface area contributed by atoms with Crippen molar-refractivity contribution < 1.29 is 4.79 Å². The Labute approximate surface area is 83.5 Å². The second-order valence-electron chi connectivity index (χ2n) is 4.23. The quantitative estimate of drug-likeness (QED) is 0.631. The SMILES string of the molecule is CN1C(=O)c2ccc(N)cc2C1(C)C. The summed E-state index contributed by atoms with van der Waals surface area (Å²) >= 11 is 0. The second kappa shape index (κ2) is 2.50. The molecule has 3 nitrogen and oxygen atoms in total. The molecule has 0 spiro atoms. The van der Waals surface area contributed by atoms with E-state index in [-0.39, 0.29) is 11.4 Å². The Kier molecular flexibility index (Phi) is 1.62. The molecule has 1 aromatic rings. The highest BCUT2D eigenvalue weighted by atomic mass is 16.2. The molecular formula is C11H14N2O.